The molecular weight excluding hydrogens is 300 g/mol. The molecule has 0 spiro atoms. The van der Waals surface area contributed by atoms with Crippen molar-refractivity contribution in [3.8, 4) is 0 Å². The normalized spacial score (nSPS) is 13.7. The molecule has 0 saturated carbocycles. The van der Waals surface area contributed by atoms with Crippen molar-refractivity contribution < 1.29 is 22.3 Å². The van der Waals surface area contributed by atoms with Gasteiger partial charge in [-0.1, -0.05) is 26.7 Å². The summed E-state index contributed by atoms with van der Waals surface area (Å²) in [5.74, 6) is -2.62. The lowest BCUT2D eigenvalue weighted by molar-refractivity contribution is 0.280. The number of benzene rings is 1. The van der Waals surface area contributed by atoms with Gasteiger partial charge in [-0.15, -0.1) is 0 Å². The molecule has 0 saturated heterocycles. The second-order valence-electron chi connectivity index (χ2n) is 5.03. The van der Waals surface area contributed by atoms with E-state index in [1.54, 1.807) is 6.92 Å². The number of hydrogen-bond donors (Lipinski definition) is 2. The zero-order valence-electron chi connectivity index (χ0n) is 12.4. The summed E-state index contributed by atoms with van der Waals surface area (Å²) < 4.78 is 54.0. The van der Waals surface area contributed by atoms with E-state index in [1.807, 2.05) is 13.8 Å². The average Bonchev–Trinajstić information content (AvgIpc) is 2.42. The Kier molecular flexibility index (Phi) is 6.24. The molecule has 1 aromatic carbocycles. The molecule has 7 heteroatoms. The molecule has 0 aromatic heterocycles. The van der Waals surface area contributed by atoms with Gasteiger partial charge in [0.2, 0.25) is 10.0 Å². The van der Waals surface area contributed by atoms with E-state index in [4.69, 9.17) is 5.11 Å². The standard InChI is InChI=1S/C14H21F2NO3S/c1-4-11(5-2)9(3)17-21(19,20)13-7-10(8-18)6-12(15)14(13)16/h6-7,9,11,17-18H,4-5,8H2,1-3H3. The van der Waals surface area contributed by atoms with Crippen LogP contribution in [0.1, 0.15) is 39.2 Å². The van der Waals surface area contributed by atoms with Gasteiger partial charge >= 0.3 is 0 Å². The van der Waals surface area contributed by atoms with Crippen LogP contribution in [0.15, 0.2) is 17.0 Å². The number of aliphatic hydroxyl groups excluding tert-OH is 1. The van der Waals surface area contributed by atoms with Gasteiger partial charge in [-0.2, -0.15) is 0 Å². The third-order valence-electron chi connectivity index (χ3n) is 3.62. The summed E-state index contributed by atoms with van der Waals surface area (Å²) in [6.07, 6.45) is 1.54. The second kappa shape index (κ2) is 7.29. The molecule has 4 nitrogen and oxygen atoms in total. The van der Waals surface area contributed by atoms with Crippen LogP contribution in [0.4, 0.5) is 8.78 Å². The molecule has 0 aliphatic rings. The summed E-state index contributed by atoms with van der Waals surface area (Å²) in [5.41, 5.74) is 0.00413. The summed E-state index contributed by atoms with van der Waals surface area (Å²) in [5, 5.41) is 8.98. The molecule has 0 radical (unpaired) electrons. The minimum Gasteiger partial charge on any atom is -0.392 e. The van der Waals surface area contributed by atoms with Crippen LogP contribution in [0.3, 0.4) is 0 Å². The number of hydrogen-bond acceptors (Lipinski definition) is 3. The number of halogens is 2. The quantitative estimate of drug-likeness (QED) is 0.811. The summed E-state index contributed by atoms with van der Waals surface area (Å²) >= 11 is 0. The highest BCUT2D eigenvalue weighted by atomic mass is 32.2. The highest BCUT2D eigenvalue weighted by Gasteiger charge is 2.26. The molecule has 120 valence electrons. The van der Waals surface area contributed by atoms with Gasteiger partial charge in [0.25, 0.3) is 0 Å². The SMILES string of the molecule is CCC(CC)C(C)NS(=O)(=O)c1cc(CO)cc(F)c1F. The molecular formula is C14H21F2NO3S. The van der Waals surface area contributed by atoms with E-state index in [9.17, 15) is 17.2 Å². The summed E-state index contributed by atoms with van der Waals surface area (Å²) in [6, 6.07) is 1.32. The fourth-order valence-corrected chi connectivity index (χ4v) is 3.75. The molecule has 2 N–H and O–H groups in total. The Morgan fingerprint density at radius 2 is 1.81 bits per heavy atom. The second-order valence-corrected chi connectivity index (χ2v) is 6.72. The number of aliphatic hydroxyl groups is 1. The van der Waals surface area contributed by atoms with E-state index in [0.717, 1.165) is 25.0 Å². The van der Waals surface area contributed by atoms with E-state index in [1.165, 1.54) is 0 Å². The van der Waals surface area contributed by atoms with Gasteiger partial charge in [0.1, 0.15) is 4.90 Å². The fourth-order valence-electron chi connectivity index (χ4n) is 2.30. The van der Waals surface area contributed by atoms with E-state index >= 15 is 0 Å². The Bertz CT molecular complexity index is 586. The Morgan fingerprint density at radius 1 is 1.24 bits per heavy atom. The molecule has 0 fully saturated rings. The van der Waals surface area contributed by atoms with Crippen molar-refractivity contribution in [3.05, 3.63) is 29.3 Å². The maximum Gasteiger partial charge on any atom is 0.243 e. The minimum atomic E-state index is -4.19. The van der Waals surface area contributed by atoms with Crippen molar-refractivity contribution in [2.24, 2.45) is 5.92 Å². The van der Waals surface area contributed by atoms with Crippen molar-refractivity contribution in [2.75, 3.05) is 0 Å². The smallest absolute Gasteiger partial charge is 0.243 e. The Hall–Kier alpha value is -1.05. The molecule has 0 heterocycles. The summed E-state index contributed by atoms with van der Waals surface area (Å²) in [6.45, 7) is 5.00. The predicted molar refractivity (Wildman–Crippen MR) is 76.1 cm³/mol. The van der Waals surface area contributed by atoms with Crippen molar-refractivity contribution in [1.29, 1.82) is 0 Å². The third kappa shape index (κ3) is 4.21. The molecule has 21 heavy (non-hydrogen) atoms. The van der Waals surface area contributed by atoms with Crippen LogP contribution >= 0.6 is 0 Å². The Balaban J connectivity index is 3.16. The van der Waals surface area contributed by atoms with E-state index < -0.39 is 39.2 Å². The summed E-state index contributed by atoms with van der Waals surface area (Å²) in [4.78, 5) is -0.774. The van der Waals surface area contributed by atoms with Gasteiger partial charge in [-0.3, -0.25) is 0 Å². The highest BCUT2D eigenvalue weighted by molar-refractivity contribution is 7.89. The van der Waals surface area contributed by atoms with Crippen molar-refractivity contribution in [1.82, 2.24) is 4.72 Å². The largest absolute Gasteiger partial charge is 0.392 e. The fraction of sp³-hybridized carbons (Fsp3) is 0.571. The lowest BCUT2D eigenvalue weighted by Crippen LogP contribution is -2.38. The maximum atomic E-state index is 13.8. The van der Waals surface area contributed by atoms with Gasteiger partial charge in [0.15, 0.2) is 11.6 Å². The first kappa shape index (κ1) is 18.0. The molecule has 1 aromatic rings. The molecule has 0 amide bonds. The molecule has 0 bridgehead atoms. The predicted octanol–water partition coefficient (Wildman–Crippen LogP) is 2.56. The first-order chi connectivity index (χ1) is 9.76. The molecule has 0 aliphatic carbocycles. The monoisotopic (exact) mass is 321 g/mol. The zero-order chi connectivity index (χ0) is 16.2. The average molecular weight is 321 g/mol. The van der Waals surface area contributed by atoms with E-state index in [2.05, 4.69) is 4.72 Å². The van der Waals surface area contributed by atoms with Crippen molar-refractivity contribution >= 4 is 10.0 Å². The van der Waals surface area contributed by atoms with Crippen LogP contribution in [0, 0.1) is 17.6 Å². The minimum absolute atomic E-state index is 0.00413. The van der Waals surface area contributed by atoms with Gasteiger partial charge in [-0.05, 0) is 30.5 Å². The molecule has 1 rings (SSSR count). The lowest BCUT2D eigenvalue weighted by Gasteiger charge is -2.22. The van der Waals surface area contributed by atoms with E-state index in [-0.39, 0.29) is 11.5 Å². The Morgan fingerprint density at radius 3 is 2.29 bits per heavy atom. The molecule has 0 aliphatic heterocycles. The van der Waals surface area contributed by atoms with Gasteiger partial charge in [0.05, 0.1) is 6.61 Å². The van der Waals surface area contributed by atoms with Gasteiger partial charge in [0, 0.05) is 6.04 Å². The van der Waals surface area contributed by atoms with Crippen LogP contribution in [-0.4, -0.2) is 19.6 Å². The van der Waals surface area contributed by atoms with Gasteiger partial charge in [-0.25, -0.2) is 21.9 Å². The molecule has 1 atom stereocenters. The van der Waals surface area contributed by atoms with Crippen LogP contribution < -0.4 is 4.72 Å². The van der Waals surface area contributed by atoms with Crippen molar-refractivity contribution in [2.45, 2.75) is 51.2 Å². The Labute approximate surface area is 124 Å². The lowest BCUT2D eigenvalue weighted by atomic mass is 9.96. The number of nitrogens with one attached hydrogen (secondary N) is 1. The van der Waals surface area contributed by atoms with Crippen molar-refractivity contribution in [3.63, 3.8) is 0 Å². The molecule has 1 unspecified atom stereocenters. The first-order valence-electron chi connectivity index (χ1n) is 6.87. The topological polar surface area (TPSA) is 66.4 Å². The first-order valence-corrected chi connectivity index (χ1v) is 8.36. The number of sulfonamides is 1. The maximum absolute atomic E-state index is 13.8. The number of rotatable bonds is 7. The zero-order valence-corrected chi connectivity index (χ0v) is 13.2. The third-order valence-corrected chi connectivity index (χ3v) is 5.18. The summed E-state index contributed by atoms with van der Waals surface area (Å²) in [7, 11) is -4.19. The van der Waals surface area contributed by atoms with Crippen LogP contribution in [0.2, 0.25) is 0 Å². The van der Waals surface area contributed by atoms with Crippen LogP contribution in [0.25, 0.3) is 0 Å². The van der Waals surface area contributed by atoms with Crippen LogP contribution in [-0.2, 0) is 16.6 Å². The highest BCUT2D eigenvalue weighted by Crippen LogP contribution is 2.22. The van der Waals surface area contributed by atoms with Gasteiger partial charge < -0.3 is 5.11 Å². The van der Waals surface area contributed by atoms with E-state index in [0.29, 0.717) is 0 Å². The van der Waals surface area contributed by atoms with Crippen LogP contribution in [0.5, 0.6) is 0 Å².